The van der Waals surface area contributed by atoms with Gasteiger partial charge in [-0.15, -0.1) is 0 Å². The predicted octanol–water partition coefficient (Wildman–Crippen LogP) is 1.64. The van der Waals surface area contributed by atoms with Crippen molar-refractivity contribution in [3.63, 3.8) is 0 Å². The highest BCUT2D eigenvalue weighted by Crippen LogP contribution is 2.26. The molecule has 0 fully saturated rings. The molecule has 0 amide bonds. The highest BCUT2D eigenvalue weighted by Gasteiger charge is 2.14. The van der Waals surface area contributed by atoms with Crippen LogP contribution in [-0.2, 0) is 9.47 Å². The fourth-order valence-electron chi connectivity index (χ4n) is 1.83. The first-order valence-corrected chi connectivity index (χ1v) is 6.58. The maximum absolute atomic E-state index is 5.62. The summed E-state index contributed by atoms with van der Waals surface area (Å²) >= 11 is 0. The van der Waals surface area contributed by atoms with E-state index < -0.39 is 0 Å². The summed E-state index contributed by atoms with van der Waals surface area (Å²) in [4.78, 5) is 0. The minimum Gasteiger partial charge on any atom is -0.494 e. The number of benzene rings is 1. The lowest BCUT2D eigenvalue weighted by atomic mass is 10.0. The molecule has 3 N–H and O–H groups in total. The van der Waals surface area contributed by atoms with Crippen molar-refractivity contribution in [2.75, 3.05) is 33.5 Å². The van der Waals surface area contributed by atoms with Crippen LogP contribution in [0.4, 0.5) is 0 Å². The van der Waals surface area contributed by atoms with Crippen LogP contribution >= 0.6 is 0 Å². The molecule has 108 valence electrons. The van der Waals surface area contributed by atoms with E-state index in [4.69, 9.17) is 20.1 Å². The average Bonchev–Trinajstić information content (AvgIpc) is 2.44. The van der Waals surface area contributed by atoms with Gasteiger partial charge in [0.05, 0.1) is 25.9 Å². The zero-order chi connectivity index (χ0) is 13.9. The second kappa shape index (κ2) is 9.75. The number of hydrazine groups is 1. The Bertz CT molecular complexity index is 347. The predicted molar refractivity (Wildman–Crippen MR) is 75.0 cm³/mol. The number of methoxy groups -OCH3 is 1. The molecule has 0 aliphatic heterocycles. The molecule has 19 heavy (non-hydrogen) atoms. The van der Waals surface area contributed by atoms with Crippen LogP contribution in [0.1, 0.15) is 24.9 Å². The molecule has 0 aliphatic rings. The Labute approximate surface area is 115 Å². The first-order valence-electron chi connectivity index (χ1n) is 6.58. The molecule has 0 saturated heterocycles. The number of para-hydroxylation sites is 1. The number of rotatable bonds is 10. The normalized spacial score (nSPS) is 12.4. The van der Waals surface area contributed by atoms with Gasteiger partial charge < -0.3 is 14.2 Å². The Morgan fingerprint density at radius 3 is 2.68 bits per heavy atom. The molecule has 1 rings (SSSR count). The van der Waals surface area contributed by atoms with E-state index in [2.05, 4.69) is 5.43 Å². The molecule has 0 heterocycles. The van der Waals surface area contributed by atoms with Crippen molar-refractivity contribution in [1.29, 1.82) is 0 Å². The second-order valence-electron chi connectivity index (χ2n) is 4.08. The molecule has 0 aliphatic carbocycles. The summed E-state index contributed by atoms with van der Waals surface area (Å²) in [5.41, 5.74) is 3.87. The average molecular weight is 268 g/mol. The number of hydrogen-bond acceptors (Lipinski definition) is 5. The number of hydrogen-bond donors (Lipinski definition) is 2. The Hall–Kier alpha value is -1.14. The van der Waals surface area contributed by atoms with Crippen molar-refractivity contribution in [2.45, 2.75) is 19.4 Å². The van der Waals surface area contributed by atoms with Crippen LogP contribution in [-0.4, -0.2) is 33.5 Å². The van der Waals surface area contributed by atoms with E-state index in [0.717, 1.165) is 17.7 Å². The Balaban J connectivity index is 2.53. The Morgan fingerprint density at radius 1 is 1.21 bits per heavy atom. The zero-order valence-electron chi connectivity index (χ0n) is 11.7. The van der Waals surface area contributed by atoms with Crippen molar-refractivity contribution >= 4 is 0 Å². The van der Waals surface area contributed by atoms with Gasteiger partial charge in [0, 0.05) is 19.3 Å². The minimum absolute atomic E-state index is 0.0188. The molecule has 0 aromatic heterocycles. The van der Waals surface area contributed by atoms with Gasteiger partial charge in [-0.2, -0.15) is 0 Å². The maximum atomic E-state index is 5.62. The summed E-state index contributed by atoms with van der Waals surface area (Å²) in [7, 11) is 1.66. The number of nitrogens with two attached hydrogens (primary N) is 1. The highest BCUT2D eigenvalue weighted by atomic mass is 16.5. The van der Waals surface area contributed by atoms with Crippen LogP contribution in [0.2, 0.25) is 0 Å². The zero-order valence-corrected chi connectivity index (χ0v) is 11.7. The molecule has 1 aromatic rings. The van der Waals surface area contributed by atoms with E-state index >= 15 is 0 Å². The summed E-state index contributed by atoms with van der Waals surface area (Å²) in [5, 5.41) is 0. The molecule has 0 spiro atoms. The van der Waals surface area contributed by atoms with Crippen LogP contribution in [0, 0.1) is 0 Å². The number of nitrogens with one attached hydrogen (secondary N) is 1. The number of ether oxygens (including phenoxy) is 3. The molecule has 5 heteroatoms. The van der Waals surface area contributed by atoms with Crippen LogP contribution < -0.4 is 16.0 Å². The monoisotopic (exact) mass is 268 g/mol. The lowest BCUT2D eigenvalue weighted by molar-refractivity contribution is 0.0656. The third-order valence-corrected chi connectivity index (χ3v) is 2.78. The Kier molecular flexibility index (Phi) is 8.16. The molecule has 0 bridgehead atoms. The third kappa shape index (κ3) is 5.57. The summed E-state index contributed by atoms with van der Waals surface area (Å²) < 4.78 is 16.0. The van der Waals surface area contributed by atoms with Crippen molar-refractivity contribution in [3.05, 3.63) is 29.8 Å². The standard InChI is InChI=1S/C14H24N2O3/c1-3-19-14-7-5-4-6-12(14)13(16-15)8-9-18-11-10-17-2/h4-7,13,16H,3,8-11,15H2,1-2H3. The van der Waals surface area contributed by atoms with Crippen molar-refractivity contribution < 1.29 is 14.2 Å². The SMILES string of the molecule is CCOc1ccccc1C(CCOCCOC)NN. The summed E-state index contributed by atoms with van der Waals surface area (Å²) in [6.45, 7) is 4.43. The first-order chi connectivity index (χ1) is 9.33. The van der Waals surface area contributed by atoms with E-state index in [1.807, 2.05) is 31.2 Å². The fraction of sp³-hybridized carbons (Fsp3) is 0.571. The molecule has 0 saturated carbocycles. The van der Waals surface area contributed by atoms with Gasteiger partial charge in [0.1, 0.15) is 5.75 Å². The maximum Gasteiger partial charge on any atom is 0.124 e. The minimum atomic E-state index is 0.0188. The van der Waals surface area contributed by atoms with E-state index in [1.165, 1.54) is 0 Å². The van der Waals surface area contributed by atoms with E-state index in [1.54, 1.807) is 7.11 Å². The quantitative estimate of drug-likeness (QED) is 0.384. The van der Waals surface area contributed by atoms with Gasteiger partial charge in [-0.05, 0) is 19.4 Å². The van der Waals surface area contributed by atoms with Gasteiger partial charge >= 0.3 is 0 Å². The molecule has 5 nitrogen and oxygen atoms in total. The van der Waals surface area contributed by atoms with E-state index in [9.17, 15) is 0 Å². The van der Waals surface area contributed by atoms with E-state index in [-0.39, 0.29) is 6.04 Å². The van der Waals surface area contributed by atoms with Gasteiger partial charge in [-0.1, -0.05) is 18.2 Å². The fourth-order valence-corrected chi connectivity index (χ4v) is 1.83. The molecule has 1 atom stereocenters. The van der Waals surface area contributed by atoms with Gasteiger partial charge in [0.15, 0.2) is 0 Å². The van der Waals surface area contributed by atoms with Gasteiger partial charge in [-0.3, -0.25) is 11.3 Å². The molecule has 0 radical (unpaired) electrons. The van der Waals surface area contributed by atoms with Crippen molar-refractivity contribution in [1.82, 2.24) is 5.43 Å². The van der Waals surface area contributed by atoms with Crippen molar-refractivity contribution in [2.24, 2.45) is 5.84 Å². The smallest absolute Gasteiger partial charge is 0.124 e. The lowest BCUT2D eigenvalue weighted by Gasteiger charge is -2.19. The largest absolute Gasteiger partial charge is 0.494 e. The molecule has 1 aromatic carbocycles. The van der Waals surface area contributed by atoms with Gasteiger partial charge in [0.25, 0.3) is 0 Å². The third-order valence-electron chi connectivity index (χ3n) is 2.78. The van der Waals surface area contributed by atoms with Crippen molar-refractivity contribution in [3.8, 4) is 5.75 Å². The van der Waals surface area contributed by atoms with Crippen LogP contribution in [0.25, 0.3) is 0 Å². The highest BCUT2D eigenvalue weighted by molar-refractivity contribution is 5.35. The summed E-state index contributed by atoms with van der Waals surface area (Å²) in [5.74, 6) is 6.49. The Morgan fingerprint density at radius 2 is 2.00 bits per heavy atom. The van der Waals surface area contributed by atoms with Crippen LogP contribution in [0.3, 0.4) is 0 Å². The van der Waals surface area contributed by atoms with Crippen LogP contribution in [0.5, 0.6) is 5.75 Å². The molecular weight excluding hydrogens is 244 g/mol. The lowest BCUT2D eigenvalue weighted by Crippen LogP contribution is -2.29. The topological polar surface area (TPSA) is 65.7 Å². The van der Waals surface area contributed by atoms with Crippen LogP contribution in [0.15, 0.2) is 24.3 Å². The molecule has 1 unspecified atom stereocenters. The van der Waals surface area contributed by atoms with Gasteiger partial charge in [-0.25, -0.2) is 0 Å². The molecular formula is C14H24N2O3. The summed E-state index contributed by atoms with van der Waals surface area (Å²) in [6, 6.07) is 7.93. The first kappa shape index (κ1) is 15.9. The second-order valence-corrected chi connectivity index (χ2v) is 4.08. The van der Waals surface area contributed by atoms with Gasteiger partial charge in [0.2, 0.25) is 0 Å². The summed E-state index contributed by atoms with van der Waals surface area (Å²) in [6.07, 6.45) is 0.782. The van der Waals surface area contributed by atoms with E-state index in [0.29, 0.717) is 26.4 Å².